The monoisotopic (exact) mass is 396 g/mol. The maximum Gasteiger partial charge on any atom is 0.305 e. The smallest absolute Gasteiger partial charge is 0.305 e. The van der Waals surface area contributed by atoms with E-state index in [1.165, 1.54) is 15.9 Å². The highest BCUT2D eigenvalue weighted by atomic mass is 32.1. The molecule has 2 atom stereocenters. The van der Waals surface area contributed by atoms with Gasteiger partial charge in [0, 0.05) is 18.5 Å². The fraction of sp³-hybridized carbons (Fsp3) is 0.444. The summed E-state index contributed by atoms with van der Waals surface area (Å²) < 4.78 is 15.1. The number of Topliss-reactive ketones (excluding diaryl/α,β-unsaturated/α-hetero) is 1. The van der Waals surface area contributed by atoms with Crippen LogP contribution in [0.1, 0.15) is 31.5 Å². The van der Waals surface area contributed by atoms with E-state index in [1.807, 2.05) is 17.5 Å². The number of nitrogens with one attached hydrogen (secondary N) is 1. The van der Waals surface area contributed by atoms with E-state index in [4.69, 9.17) is 5.11 Å². The van der Waals surface area contributed by atoms with Gasteiger partial charge >= 0.3 is 5.97 Å². The first kappa shape index (κ1) is 20.8. The zero-order valence-electron chi connectivity index (χ0n) is 15.0. The van der Waals surface area contributed by atoms with Gasteiger partial charge in [-0.2, -0.15) is 0 Å². The number of carboxylic acid groups (broad SMARTS) is 1. The standard InChI is InChI=1S/C18H21FN2O5S/c1-10(2)11(18(26)20-12(8-17(24)25)14(22)9-19)7-16(23)21-5-3-15-13(21)4-6-27-15/h3-6,10-12H,7-9H2,1-2H3,(H,20,26)(H,24,25). The second-order valence-electron chi connectivity index (χ2n) is 6.56. The van der Waals surface area contributed by atoms with Crippen LogP contribution < -0.4 is 5.32 Å². The van der Waals surface area contributed by atoms with Gasteiger partial charge in [0.25, 0.3) is 0 Å². The number of hydrogen-bond donors (Lipinski definition) is 2. The van der Waals surface area contributed by atoms with Crippen LogP contribution >= 0.6 is 11.3 Å². The summed E-state index contributed by atoms with van der Waals surface area (Å²) in [6.07, 6.45) is 0.811. The number of halogens is 1. The first-order valence-corrected chi connectivity index (χ1v) is 9.31. The Morgan fingerprint density at radius 1 is 1.22 bits per heavy atom. The SMILES string of the molecule is CC(C)C(CC(=O)n1ccc2sccc21)C(=O)NC(CC(=O)O)C(=O)CF. The highest BCUT2D eigenvalue weighted by Gasteiger charge is 2.30. The van der Waals surface area contributed by atoms with Gasteiger partial charge in [-0.3, -0.25) is 23.7 Å². The van der Waals surface area contributed by atoms with Crippen molar-refractivity contribution in [1.29, 1.82) is 0 Å². The Morgan fingerprint density at radius 2 is 1.93 bits per heavy atom. The van der Waals surface area contributed by atoms with Crippen LogP contribution in [0.3, 0.4) is 0 Å². The number of rotatable bonds is 9. The third-order valence-corrected chi connectivity index (χ3v) is 5.20. The summed E-state index contributed by atoms with van der Waals surface area (Å²) in [5.41, 5.74) is 0.754. The van der Waals surface area contributed by atoms with Crippen molar-refractivity contribution in [2.45, 2.75) is 32.7 Å². The topological polar surface area (TPSA) is 105 Å². The molecule has 27 heavy (non-hydrogen) atoms. The van der Waals surface area contributed by atoms with Crippen LogP contribution in [0.15, 0.2) is 23.7 Å². The zero-order valence-corrected chi connectivity index (χ0v) is 15.8. The van der Waals surface area contributed by atoms with Crippen molar-refractivity contribution in [2.75, 3.05) is 6.67 Å². The average molecular weight is 396 g/mol. The van der Waals surface area contributed by atoms with Crippen LogP contribution in [0, 0.1) is 11.8 Å². The van der Waals surface area contributed by atoms with Crippen LogP contribution in [0.2, 0.25) is 0 Å². The number of alkyl halides is 1. The van der Waals surface area contributed by atoms with Crippen molar-refractivity contribution in [3.05, 3.63) is 23.7 Å². The van der Waals surface area contributed by atoms with Gasteiger partial charge in [-0.1, -0.05) is 13.8 Å². The number of ketones is 1. The Balaban J connectivity index is 2.14. The highest BCUT2D eigenvalue weighted by Crippen LogP contribution is 2.24. The number of carbonyl (C=O) groups excluding carboxylic acids is 3. The Hall–Kier alpha value is -2.55. The second kappa shape index (κ2) is 8.90. The molecule has 2 aromatic heterocycles. The Morgan fingerprint density at radius 3 is 2.52 bits per heavy atom. The molecule has 2 heterocycles. The molecule has 0 aromatic carbocycles. The fourth-order valence-corrected chi connectivity index (χ4v) is 3.56. The Labute approximate surface area is 159 Å². The second-order valence-corrected chi connectivity index (χ2v) is 7.51. The van der Waals surface area contributed by atoms with Gasteiger partial charge in [0.15, 0.2) is 5.78 Å². The van der Waals surface area contributed by atoms with Crippen LogP contribution in [-0.2, 0) is 14.4 Å². The van der Waals surface area contributed by atoms with E-state index in [2.05, 4.69) is 5.32 Å². The molecule has 0 aliphatic heterocycles. The minimum absolute atomic E-state index is 0.118. The van der Waals surface area contributed by atoms with Gasteiger partial charge in [-0.25, -0.2) is 4.39 Å². The van der Waals surface area contributed by atoms with Gasteiger partial charge in [0.1, 0.15) is 12.7 Å². The summed E-state index contributed by atoms with van der Waals surface area (Å²) in [6.45, 7) is 2.12. The minimum Gasteiger partial charge on any atom is -0.481 e. The number of nitrogens with zero attached hydrogens (tertiary/aromatic N) is 1. The van der Waals surface area contributed by atoms with Crippen LogP contribution in [-0.4, -0.2) is 46.0 Å². The number of fused-ring (bicyclic) bond motifs is 1. The number of thiophene rings is 1. The summed E-state index contributed by atoms with van der Waals surface area (Å²) in [7, 11) is 0. The predicted molar refractivity (Wildman–Crippen MR) is 98.6 cm³/mol. The largest absolute Gasteiger partial charge is 0.481 e. The lowest BCUT2D eigenvalue weighted by molar-refractivity contribution is -0.140. The van der Waals surface area contributed by atoms with Gasteiger partial charge in [0.2, 0.25) is 11.8 Å². The van der Waals surface area contributed by atoms with Crippen molar-refractivity contribution in [1.82, 2.24) is 9.88 Å². The zero-order chi connectivity index (χ0) is 20.1. The van der Waals surface area contributed by atoms with Crippen LogP contribution in [0.25, 0.3) is 10.2 Å². The number of aromatic nitrogens is 1. The maximum absolute atomic E-state index is 12.7. The summed E-state index contributed by atoms with van der Waals surface area (Å²) in [5.74, 6) is -4.29. The van der Waals surface area contributed by atoms with Crippen molar-refractivity contribution < 1.29 is 28.7 Å². The first-order valence-electron chi connectivity index (χ1n) is 8.43. The molecule has 146 valence electrons. The van der Waals surface area contributed by atoms with E-state index >= 15 is 0 Å². The quantitative estimate of drug-likeness (QED) is 0.677. The van der Waals surface area contributed by atoms with E-state index in [0.717, 1.165) is 10.2 Å². The molecule has 0 saturated heterocycles. The number of hydrogen-bond acceptors (Lipinski definition) is 5. The molecule has 1 amide bonds. The Kier molecular flexibility index (Phi) is 6.84. The third kappa shape index (κ3) is 5.00. The third-order valence-electron chi connectivity index (χ3n) is 4.33. The van der Waals surface area contributed by atoms with E-state index in [0.29, 0.717) is 0 Å². The average Bonchev–Trinajstić information content (AvgIpc) is 3.20. The lowest BCUT2D eigenvalue weighted by atomic mass is 9.90. The summed E-state index contributed by atoms with van der Waals surface area (Å²) in [4.78, 5) is 47.7. The maximum atomic E-state index is 12.7. The van der Waals surface area contributed by atoms with Crippen molar-refractivity contribution >= 4 is 45.1 Å². The molecule has 2 rings (SSSR count). The molecule has 2 unspecified atom stereocenters. The summed E-state index contributed by atoms with van der Waals surface area (Å²) in [6, 6.07) is 2.17. The molecule has 0 fully saturated rings. The van der Waals surface area contributed by atoms with Gasteiger partial charge in [-0.15, -0.1) is 11.3 Å². The molecule has 0 aliphatic carbocycles. The van der Waals surface area contributed by atoms with Gasteiger partial charge in [-0.05, 0) is 23.4 Å². The minimum atomic E-state index is -1.45. The van der Waals surface area contributed by atoms with E-state index in [9.17, 15) is 23.6 Å². The molecule has 0 aliphatic rings. The van der Waals surface area contributed by atoms with E-state index < -0.39 is 42.7 Å². The van der Waals surface area contributed by atoms with Crippen LogP contribution in [0.5, 0.6) is 0 Å². The molecule has 0 radical (unpaired) electrons. The first-order chi connectivity index (χ1) is 12.7. The molecular formula is C18H21FN2O5S. The summed E-state index contributed by atoms with van der Waals surface area (Å²) in [5, 5.41) is 13.0. The molecule has 9 heteroatoms. The van der Waals surface area contributed by atoms with Crippen molar-refractivity contribution in [2.24, 2.45) is 11.8 Å². The van der Waals surface area contributed by atoms with E-state index in [1.54, 1.807) is 20.0 Å². The van der Waals surface area contributed by atoms with Gasteiger partial charge in [0.05, 0.1) is 16.6 Å². The van der Waals surface area contributed by atoms with Gasteiger partial charge < -0.3 is 10.4 Å². The number of carboxylic acids is 1. The molecule has 7 nitrogen and oxygen atoms in total. The van der Waals surface area contributed by atoms with Crippen molar-refractivity contribution in [3.63, 3.8) is 0 Å². The number of carbonyl (C=O) groups is 4. The molecule has 2 aromatic rings. The van der Waals surface area contributed by atoms with E-state index in [-0.39, 0.29) is 18.2 Å². The summed E-state index contributed by atoms with van der Waals surface area (Å²) >= 11 is 1.50. The number of aliphatic carboxylic acids is 1. The lowest BCUT2D eigenvalue weighted by Gasteiger charge is -2.23. The molecule has 0 bridgehead atoms. The van der Waals surface area contributed by atoms with Crippen LogP contribution in [0.4, 0.5) is 4.39 Å². The Bertz CT molecular complexity index is 857. The molecule has 0 saturated carbocycles. The fourth-order valence-electron chi connectivity index (χ4n) is 2.79. The molecule has 0 spiro atoms. The number of amides is 1. The molecule has 2 N–H and O–H groups in total. The normalized spacial score (nSPS) is 13.5. The lowest BCUT2D eigenvalue weighted by Crippen LogP contribution is -2.47. The predicted octanol–water partition coefficient (Wildman–Crippen LogP) is 2.50. The highest BCUT2D eigenvalue weighted by molar-refractivity contribution is 7.17. The van der Waals surface area contributed by atoms with Crippen molar-refractivity contribution in [3.8, 4) is 0 Å². The molecular weight excluding hydrogens is 375 g/mol.